The van der Waals surface area contributed by atoms with Gasteiger partial charge in [0.2, 0.25) is 0 Å². The second kappa shape index (κ2) is 11.5. The molecule has 28 heavy (non-hydrogen) atoms. The zero-order valence-electron chi connectivity index (χ0n) is 16.4. The lowest BCUT2D eigenvalue weighted by Crippen LogP contribution is -2.39. The number of aliphatic imine (C=N–C) groups is 1. The minimum atomic E-state index is 0. The number of guanidine groups is 1. The monoisotopic (exact) mass is 514 g/mol. The molecule has 1 saturated heterocycles. The number of morpholine rings is 1. The van der Waals surface area contributed by atoms with Crippen LogP contribution in [0, 0.1) is 0 Å². The Kier molecular flexibility index (Phi) is 9.34. The zero-order valence-corrected chi connectivity index (χ0v) is 19.5. The summed E-state index contributed by atoms with van der Waals surface area (Å²) in [6.45, 7) is 4.84. The summed E-state index contributed by atoms with van der Waals surface area (Å²) >= 11 is 6.29. The summed E-state index contributed by atoms with van der Waals surface area (Å²) in [5, 5.41) is 4.26. The molecular weight excluding hydrogens is 487 g/mol. The van der Waals surface area contributed by atoms with Crippen LogP contribution < -0.4 is 10.2 Å². The molecular formula is C21H28ClIN4O. The van der Waals surface area contributed by atoms with Crippen molar-refractivity contribution in [2.75, 3.05) is 45.3 Å². The largest absolute Gasteiger partial charge is 0.378 e. The van der Waals surface area contributed by atoms with E-state index < -0.39 is 0 Å². The molecule has 1 aliphatic heterocycles. The Hall–Kier alpha value is -1.51. The minimum Gasteiger partial charge on any atom is -0.378 e. The smallest absolute Gasteiger partial charge is 0.193 e. The fourth-order valence-corrected chi connectivity index (χ4v) is 3.48. The molecule has 2 aromatic rings. The molecule has 0 aromatic heterocycles. The van der Waals surface area contributed by atoms with Crippen LogP contribution in [-0.4, -0.2) is 51.3 Å². The first-order valence-electron chi connectivity index (χ1n) is 9.25. The molecule has 1 fully saturated rings. The lowest BCUT2D eigenvalue weighted by molar-refractivity contribution is 0.122. The van der Waals surface area contributed by atoms with Crippen molar-refractivity contribution in [3.05, 3.63) is 64.7 Å². The summed E-state index contributed by atoms with van der Waals surface area (Å²) in [5.41, 5.74) is 3.60. The second-order valence-electron chi connectivity index (χ2n) is 6.58. The fraction of sp³-hybridized carbons (Fsp3) is 0.381. The van der Waals surface area contributed by atoms with Crippen molar-refractivity contribution < 1.29 is 4.74 Å². The van der Waals surface area contributed by atoms with Crippen molar-refractivity contribution in [3.8, 4) is 0 Å². The van der Waals surface area contributed by atoms with Gasteiger partial charge < -0.3 is 19.9 Å². The van der Waals surface area contributed by atoms with Gasteiger partial charge in [0.05, 0.1) is 13.2 Å². The topological polar surface area (TPSA) is 40.1 Å². The van der Waals surface area contributed by atoms with E-state index in [1.165, 1.54) is 11.3 Å². The summed E-state index contributed by atoms with van der Waals surface area (Å²) in [4.78, 5) is 8.89. The van der Waals surface area contributed by atoms with Crippen molar-refractivity contribution in [3.63, 3.8) is 0 Å². The van der Waals surface area contributed by atoms with Crippen molar-refractivity contribution in [2.45, 2.75) is 13.1 Å². The second-order valence-corrected chi connectivity index (χ2v) is 6.98. The lowest BCUT2D eigenvalue weighted by atomic mass is 10.1. The van der Waals surface area contributed by atoms with Gasteiger partial charge in [-0.1, -0.05) is 48.0 Å². The maximum atomic E-state index is 6.29. The summed E-state index contributed by atoms with van der Waals surface area (Å²) in [7, 11) is 3.83. The maximum Gasteiger partial charge on any atom is 0.193 e. The number of halogens is 2. The van der Waals surface area contributed by atoms with E-state index in [1.807, 2.05) is 31.3 Å². The van der Waals surface area contributed by atoms with Gasteiger partial charge >= 0.3 is 0 Å². The van der Waals surface area contributed by atoms with Crippen LogP contribution in [0.15, 0.2) is 53.5 Å². The van der Waals surface area contributed by atoms with Gasteiger partial charge in [0.15, 0.2) is 5.96 Å². The van der Waals surface area contributed by atoms with Crippen LogP contribution in [0.2, 0.25) is 5.02 Å². The Bertz CT molecular complexity index is 781. The van der Waals surface area contributed by atoms with Crippen LogP contribution in [0.1, 0.15) is 11.1 Å². The van der Waals surface area contributed by atoms with Crippen molar-refractivity contribution in [1.82, 2.24) is 10.2 Å². The molecule has 1 aliphatic rings. The van der Waals surface area contributed by atoms with Gasteiger partial charge in [-0.3, -0.25) is 4.99 Å². The number of hydrogen-bond acceptors (Lipinski definition) is 3. The predicted octanol–water partition coefficient (Wildman–Crippen LogP) is 4.00. The lowest BCUT2D eigenvalue weighted by Gasteiger charge is -2.31. The van der Waals surface area contributed by atoms with E-state index in [2.05, 4.69) is 44.4 Å². The Labute approximate surface area is 189 Å². The molecule has 152 valence electrons. The van der Waals surface area contributed by atoms with E-state index in [4.69, 9.17) is 16.3 Å². The Morgan fingerprint density at radius 2 is 1.75 bits per heavy atom. The average molecular weight is 515 g/mol. The minimum absolute atomic E-state index is 0. The van der Waals surface area contributed by atoms with E-state index in [9.17, 15) is 0 Å². The molecule has 0 radical (unpaired) electrons. The van der Waals surface area contributed by atoms with Crippen LogP contribution >= 0.6 is 35.6 Å². The third kappa shape index (κ3) is 5.99. The molecule has 2 aromatic carbocycles. The van der Waals surface area contributed by atoms with Gasteiger partial charge in [-0.2, -0.15) is 0 Å². The number of benzene rings is 2. The number of nitrogens with zero attached hydrogens (tertiary/aromatic N) is 3. The fourth-order valence-electron chi connectivity index (χ4n) is 3.29. The number of hydrogen-bond donors (Lipinski definition) is 1. The molecule has 0 spiro atoms. The standard InChI is InChI=1S/C21H27ClN4O.HI/c1-23-21(25(2)16-18-8-3-5-9-19(18)22)24-15-17-7-4-6-10-20(17)26-11-13-27-14-12-26;/h3-10H,11-16H2,1-2H3,(H,23,24);1H. The van der Waals surface area contributed by atoms with Crippen LogP contribution in [0.25, 0.3) is 0 Å². The third-order valence-electron chi connectivity index (χ3n) is 4.72. The van der Waals surface area contributed by atoms with E-state index in [1.54, 1.807) is 7.05 Å². The molecule has 1 N–H and O–H groups in total. The Morgan fingerprint density at radius 3 is 2.43 bits per heavy atom. The highest BCUT2D eigenvalue weighted by Crippen LogP contribution is 2.21. The Balaban J connectivity index is 0.00000280. The first-order chi connectivity index (χ1) is 13.2. The molecule has 3 rings (SSSR count). The SMILES string of the molecule is CN=C(NCc1ccccc1N1CCOCC1)N(C)Cc1ccccc1Cl.I. The third-order valence-corrected chi connectivity index (χ3v) is 5.09. The highest BCUT2D eigenvalue weighted by Gasteiger charge is 2.15. The molecule has 0 atom stereocenters. The summed E-state index contributed by atoms with van der Waals surface area (Å²) in [6.07, 6.45) is 0. The predicted molar refractivity (Wildman–Crippen MR) is 128 cm³/mol. The normalized spacial score (nSPS) is 14.4. The number of rotatable bonds is 5. The quantitative estimate of drug-likeness (QED) is 0.372. The zero-order chi connectivity index (χ0) is 19.1. The Morgan fingerprint density at radius 1 is 1.11 bits per heavy atom. The van der Waals surface area contributed by atoms with Gasteiger partial charge in [0.1, 0.15) is 0 Å². The van der Waals surface area contributed by atoms with Crippen LogP contribution in [0.4, 0.5) is 5.69 Å². The van der Waals surface area contributed by atoms with E-state index in [0.717, 1.165) is 42.8 Å². The highest BCUT2D eigenvalue weighted by molar-refractivity contribution is 14.0. The molecule has 5 nitrogen and oxygen atoms in total. The van der Waals surface area contributed by atoms with Gasteiger partial charge in [-0.15, -0.1) is 24.0 Å². The number of ether oxygens (including phenoxy) is 1. The molecule has 0 amide bonds. The molecule has 0 aliphatic carbocycles. The van der Waals surface area contributed by atoms with Gasteiger partial charge in [-0.25, -0.2) is 0 Å². The van der Waals surface area contributed by atoms with Gasteiger partial charge in [-0.05, 0) is 23.3 Å². The van der Waals surface area contributed by atoms with Crippen molar-refractivity contribution >= 4 is 47.2 Å². The molecule has 0 unspecified atom stereocenters. The first kappa shape index (κ1) is 22.8. The summed E-state index contributed by atoms with van der Waals surface area (Å²) in [6, 6.07) is 16.4. The molecule has 0 saturated carbocycles. The van der Waals surface area contributed by atoms with Crippen LogP contribution in [0.5, 0.6) is 0 Å². The average Bonchev–Trinajstić information content (AvgIpc) is 2.71. The molecule has 7 heteroatoms. The van der Waals surface area contributed by atoms with Crippen LogP contribution in [-0.2, 0) is 17.8 Å². The number of nitrogens with one attached hydrogen (secondary N) is 1. The maximum absolute atomic E-state index is 6.29. The highest BCUT2D eigenvalue weighted by atomic mass is 127. The van der Waals surface area contributed by atoms with Crippen molar-refractivity contribution in [2.24, 2.45) is 4.99 Å². The number of para-hydroxylation sites is 1. The summed E-state index contributed by atoms with van der Waals surface area (Å²) in [5.74, 6) is 0.840. The van der Waals surface area contributed by atoms with Crippen molar-refractivity contribution in [1.29, 1.82) is 0 Å². The van der Waals surface area contributed by atoms with Crippen LogP contribution in [0.3, 0.4) is 0 Å². The molecule has 0 bridgehead atoms. The summed E-state index contributed by atoms with van der Waals surface area (Å²) < 4.78 is 5.48. The molecule has 1 heterocycles. The van der Waals surface area contributed by atoms with Gasteiger partial charge in [0.25, 0.3) is 0 Å². The number of anilines is 1. The van der Waals surface area contributed by atoms with E-state index >= 15 is 0 Å². The van der Waals surface area contributed by atoms with E-state index in [0.29, 0.717) is 13.1 Å². The van der Waals surface area contributed by atoms with E-state index in [-0.39, 0.29) is 24.0 Å². The van der Waals surface area contributed by atoms with Gasteiger partial charge in [0, 0.05) is 51.0 Å². The first-order valence-corrected chi connectivity index (χ1v) is 9.62.